The van der Waals surface area contributed by atoms with Gasteiger partial charge in [-0.3, -0.25) is 4.79 Å². The van der Waals surface area contributed by atoms with Crippen LogP contribution in [0.5, 0.6) is 5.75 Å². The van der Waals surface area contributed by atoms with Crippen molar-refractivity contribution in [1.82, 2.24) is 10.3 Å². The minimum atomic E-state index is -0.230. The molecule has 0 aliphatic rings. The van der Waals surface area contributed by atoms with Gasteiger partial charge in [0, 0.05) is 12.1 Å². The van der Waals surface area contributed by atoms with Gasteiger partial charge in [-0.1, -0.05) is 36.4 Å². The van der Waals surface area contributed by atoms with Crippen LogP contribution in [0.2, 0.25) is 0 Å². The van der Waals surface area contributed by atoms with E-state index in [1.807, 2.05) is 54.6 Å². The van der Waals surface area contributed by atoms with E-state index in [9.17, 15) is 4.79 Å². The number of methoxy groups -OCH3 is 1. The van der Waals surface area contributed by atoms with Crippen molar-refractivity contribution in [2.24, 2.45) is 0 Å². The Morgan fingerprint density at radius 2 is 1.96 bits per heavy atom. The molecule has 1 heterocycles. The van der Waals surface area contributed by atoms with Crippen LogP contribution < -0.4 is 10.1 Å². The van der Waals surface area contributed by atoms with Gasteiger partial charge in [0.15, 0.2) is 5.69 Å². The highest BCUT2D eigenvalue weighted by atomic mass is 16.5. The lowest BCUT2D eigenvalue weighted by Gasteiger charge is -2.03. The van der Waals surface area contributed by atoms with E-state index in [0.717, 1.165) is 12.0 Å². The maximum absolute atomic E-state index is 12.4. The van der Waals surface area contributed by atoms with Crippen LogP contribution in [-0.4, -0.2) is 24.5 Å². The molecular weight excluding hydrogens is 316 g/mol. The molecule has 128 valence electrons. The number of rotatable bonds is 6. The highest BCUT2D eigenvalue weighted by Gasteiger charge is 2.18. The molecule has 0 aliphatic heterocycles. The molecule has 0 spiro atoms. The van der Waals surface area contributed by atoms with Gasteiger partial charge in [-0.05, 0) is 37.1 Å². The maximum Gasteiger partial charge on any atom is 0.273 e. The molecule has 2 aromatic carbocycles. The minimum absolute atomic E-state index is 0.230. The molecule has 3 rings (SSSR count). The van der Waals surface area contributed by atoms with Crippen molar-refractivity contribution in [1.29, 1.82) is 0 Å². The molecule has 5 heteroatoms. The van der Waals surface area contributed by atoms with Gasteiger partial charge >= 0.3 is 0 Å². The molecule has 1 N–H and O–H groups in total. The van der Waals surface area contributed by atoms with E-state index in [0.29, 0.717) is 29.6 Å². The number of aromatic nitrogens is 1. The Balaban J connectivity index is 1.68. The molecular formula is C20H20N2O3. The van der Waals surface area contributed by atoms with E-state index in [1.54, 1.807) is 14.0 Å². The van der Waals surface area contributed by atoms with Crippen molar-refractivity contribution < 1.29 is 13.9 Å². The number of oxazole rings is 1. The second kappa shape index (κ2) is 7.66. The van der Waals surface area contributed by atoms with Crippen LogP contribution in [0.3, 0.4) is 0 Å². The molecule has 0 saturated heterocycles. The van der Waals surface area contributed by atoms with E-state index < -0.39 is 0 Å². The summed E-state index contributed by atoms with van der Waals surface area (Å²) in [7, 11) is 1.60. The Morgan fingerprint density at radius 3 is 2.72 bits per heavy atom. The van der Waals surface area contributed by atoms with Gasteiger partial charge in [-0.15, -0.1) is 0 Å². The fourth-order valence-corrected chi connectivity index (χ4v) is 2.54. The lowest BCUT2D eigenvalue weighted by Crippen LogP contribution is -2.26. The third-order valence-electron chi connectivity index (χ3n) is 3.87. The number of carbonyl (C=O) groups excluding carboxylic acids is 1. The Morgan fingerprint density at radius 1 is 1.16 bits per heavy atom. The number of carbonyl (C=O) groups is 1. The van der Waals surface area contributed by atoms with Crippen LogP contribution in [0.4, 0.5) is 0 Å². The van der Waals surface area contributed by atoms with Crippen LogP contribution in [0.15, 0.2) is 59.0 Å². The first-order chi connectivity index (χ1) is 12.2. The molecule has 0 bridgehead atoms. The fraction of sp³-hybridized carbons (Fsp3) is 0.200. The largest absolute Gasteiger partial charge is 0.497 e. The molecule has 0 fully saturated rings. The first-order valence-electron chi connectivity index (χ1n) is 8.11. The number of ether oxygens (including phenoxy) is 1. The van der Waals surface area contributed by atoms with Crippen molar-refractivity contribution in [3.8, 4) is 17.2 Å². The SMILES string of the molecule is COc1cccc(-c2nc(C(=O)NCCc3ccccc3)c(C)o2)c1. The normalized spacial score (nSPS) is 10.5. The lowest BCUT2D eigenvalue weighted by molar-refractivity contribution is 0.0948. The number of benzene rings is 2. The number of hydrogen-bond acceptors (Lipinski definition) is 4. The second-order valence-corrected chi connectivity index (χ2v) is 5.65. The second-order valence-electron chi connectivity index (χ2n) is 5.65. The summed E-state index contributed by atoms with van der Waals surface area (Å²) in [5.41, 5.74) is 2.26. The number of nitrogens with zero attached hydrogens (tertiary/aromatic N) is 1. The number of nitrogens with one attached hydrogen (secondary N) is 1. The summed E-state index contributed by atoms with van der Waals surface area (Å²) in [6.45, 7) is 2.28. The van der Waals surface area contributed by atoms with Crippen LogP contribution in [0, 0.1) is 6.92 Å². The van der Waals surface area contributed by atoms with Gasteiger partial charge in [0.2, 0.25) is 5.89 Å². The highest BCUT2D eigenvalue weighted by Crippen LogP contribution is 2.25. The van der Waals surface area contributed by atoms with Crippen molar-refractivity contribution in [2.75, 3.05) is 13.7 Å². The molecule has 1 aromatic heterocycles. The Kier molecular flexibility index (Phi) is 5.14. The van der Waals surface area contributed by atoms with Gasteiger partial charge < -0.3 is 14.5 Å². The third kappa shape index (κ3) is 4.07. The summed E-state index contributed by atoms with van der Waals surface area (Å²) in [5.74, 6) is 1.38. The standard InChI is InChI=1S/C20H20N2O3/c1-14-18(19(23)21-12-11-15-7-4-3-5-8-15)22-20(25-14)16-9-6-10-17(13-16)24-2/h3-10,13H,11-12H2,1-2H3,(H,21,23). The maximum atomic E-state index is 12.4. The molecule has 0 aliphatic carbocycles. The molecule has 0 unspecified atom stereocenters. The van der Waals surface area contributed by atoms with Crippen molar-refractivity contribution >= 4 is 5.91 Å². The van der Waals surface area contributed by atoms with Crippen molar-refractivity contribution in [3.05, 3.63) is 71.6 Å². The highest BCUT2D eigenvalue weighted by molar-refractivity contribution is 5.93. The predicted octanol–water partition coefficient (Wildman–Crippen LogP) is 3.63. The smallest absolute Gasteiger partial charge is 0.273 e. The summed E-state index contributed by atoms with van der Waals surface area (Å²) in [6, 6.07) is 17.4. The van der Waals surface area contributed by atoms with Crippen LogP contribution in [0.25, 0.3) is 11.5 Å². The molecule has 3 aromatic rings. The van der Waals surface area contributed by atoms with Crippen LogP contribution >= 0.6 is 0 Å². The fourth-order valence-electron chi connectivity index (χ4n) is 2.54. The van der Waals surface area contributed by atoms with Crippen LogP contribution in [0.1, 0.15) is 21.8 Å². The van der Waals surface area contributed by atoms with E-state index in [-0.39, 0.29) is 5.91 Å². The summed E-state index contributed by atoms with van der Waals surface area (Å²) in [4.78, 5) is 16.7. The molecule has 0 radical (unpaired) electrons. The Hall–Kier alpha value is -3.08. The summed E-state index contributed by atoms with van der Waals surface area (Å²) < 4.78 is 10.9. The quantitative estimate of drug-likeness (QED) is 0.746. The van der Waals surface area contributed by atoms with Crippen molar-refractivity contribution in [2.45, 2.75) is 13.3 Å². The Labute approximate surface area is 146 Å². The minimum Gasteiger partial charge on any atom is -0.497 e. The molecule has 5 nitrogen and oxygen atoms in total. The topological polar surface area (TPSA) is 64.4 Å². The summed E-state index contributed by atoms with van der Waals surface area (Å²) in [6.07, 6.45) is 0.770. The lowest BCUT2D eigenvalue weighted by atomic mass is 10.1. The number of hydrogen-bond donors (Lipinski definition) is 1. The number of amides is 1. The zero-order chi connectivity index (χ0) is 17.6. The van der Waals surface area contributed by atoms with Crippen LogP contribution in [-0.2, 0) is 6.42 Å². The van der Waals surface area contributed by atoms with Crippen molar-refractivity contribution in [3.63, 3.8) is 0 Å². The molecule has 1 amide bonds. The monoisotopic (exact) mass is 336 g/mol. The Bertz CT molecular complexity index is 856. The van der Waals surface area contributed by atoms with Gasteiger partial charge in [0.1, 0.15) is 11.5 Å². The first kappa shape index (κ1) is 16.8. The zero-order valence-corrected chi connectivity index (χ0v) is 14.3. The van der Waals surface area contributed by atoms with Gasteiger partial charge in [0.05, 0.1) is 7.11 Å². The predicted molar refractivity (Wildman–Crippen MR) is 95.7 cm³/mol. The molecule has 0 atom stereocenters. The van der Waals surface area contributed by atoms with E-state index in [1.165, 1.54) is 5.56 Å². The van der Waals surface area contributed by atoms with E-state index in [2.05, 4.69) is 10.3 Å². The zero-order valence-electron chi connectivity index (χ0n) is 14.3. The van der Waals surface area contributed by atoms with E-state index in [4.69, 9.17) is 9.15 Å². The number of aryl methyl sites for hydroxylation is 1. The molecule has 0 saturated carbocycles. The van der Waals surface area contributed by atoms with Gasteiger partial charge in [-0.25, -0.2) is 4.98 Å². The average molecular weight is 336 g/mol. The summed E-state index contributed by atoms with van der Waals surface area (Å²) in [5, 5.41) is 2.89. The van der Waals surface area contributed by atoms with Gasteiger partial charge in [0.25, 0.3) is 5.91 Å². The van der Waals surface area contributed by atoms with E-state index >= 15 is 0 Å². The van der Waals surface area contributed by atoms with Gasteiger partial charge in [-0.2, -0.15) is 0 Å². The average Bonchev–Trinajstić information content (AvgIpc) is 3.04. The third-order valence-corrected chi connectivity index (χ3v) is 3.87. The summed E-state index contributed by atoms with van der Waals surface area (Å²) >= 11 is 0. The first-order valence-corrected chi connectivity index (χ1v) is 8.11. The molecule has 25 heavy (non-hydrogen) atoms.